The van der Waals surface area contributed by atoms with E-state index in [1.54, 1.807) is 11.3 Å². The van der Waals surface area contributed by atoms with Crippen LogP contribution < -0.4 is 10.6 Å². The number of nitrogens with zero attached hydrogens (tertiary/aromatic N) is 1. The highest BCUT2D eigenvalue weighted by molar-refractivity contribution is 7.09. The molecule has 1 fully saturated rings. The molecule has 0 bridgehead atoms. The van der Waals surface area contributed by atoms with Crippen molar-refractivity contribution in [1.82, 2.24) is 15.6 Å². The van der Waals surface area contributed by atoms with E-state index in [0.717, 1.165) is 19.6 Å². The molecule has 0 radical (unpaired) electrons. The van der Waals surface area contributed by atoms with Crippen molar-refractivity contribution in [2.45, 2.75) is 31.2 Å². The quantitative estimate of drug-likeness (QED) is 0.891. The normalized spacial score (nSPS) is 19.3. The van der Waals surface area contributed by atoms with E-state index in [0.29, 0.717) is 6.04 Å². The summed E-state index contributed by atoms with van der Waals surface area (Å²) in [4.78, 5) is 4.42. The van der Waals surface area contributed by atoms with Crippen molar-refractivity contribution in [2.75, 3.05) is 19.6 Å². The molecule has 4 heteroatoms. The first-order valence-corrected chi connectivity index (χ1v) is 8.57. The first-order valence-electron chi connectivity index (χ1n) is 7.69. The molecule has 1 aliphatic heterocycles. The van der Waals surface area contributed by atoms with Crippen LogP contribution in [-0.2, 0) is 5.41 Å². The monoisotopic (exact) mass is 301 g/mol. The van der Waals surface area contributed by atoms with Gasteiger partial charge in [0.2, 0.25) is 0 Å². The number of piperidine rings is 1. The summed E-state index contributed by atoms with van der Waals surface area (Å²) in [5, 5.41) is 10.4. The van der Waals surface area contributed by atoms with Crippen LogP contribution >= 0.6 is 11.3 Å². The summed E-state index contributed by atoms with van der Waals surface area (Å²) < 4.78 is 0. The Morgan fingerprint density at radius 3 is 2.71 bits per heavy atom. The summed E-state index contributed by atoms with van der Waals surface area (Å²) in [5.74, 6) is 0. The van der Waals surface area contributed by atoms with Gasteiger partial charge in [0.05, 0.1) is 6.04 Å². The Bertz CT molecular complexity index is 532. The zero-order valence-corrected chi connectivity index (χ0v) is 13.3. The van der Waals surface area contributed by atoms with E-state index < -0.39 is 0 Å². The molecule has 2 heterocycles. The van der Waals surface area contributed by atoms with E-state index in [2.05, 4.69) is 52.9 Å². The van der Waals surface area contributed by atoms with Crippen LogP contribution in [0.2, 0.25) is 0 Å². The van der Waals surface area contributed by atoms with Gasteiger partial charge in [-0.3, -0.25) is 0 Å². The van der Waals surface area contributed by atoms with E-state index in [4.69, 9.17) is 0 Å². The lowest BCUT2D eigenvalue weighted by molar-refractivity contribution is 0.284. The molecule has 0 spiro atoms. The van der Waals surface area contributed by atoms with E-state index >= 15 is 0 Å². The van der Waals surface area contributed by atoms with Crippen LogP contribution in [-0.4, -0.2) is 24.6 Å². The van der Waals surface area contributed by atoms with Gasteiger partial charge in [0.25, 0.3) is 0 Å². The summed E-state index contributed by atoms with van der Waals surface area (Å²) in [6.45, 7) is 5.42. The number of hydrogen-bond acceptors (Lipinski definition) is 4. The van der Waals surface area contributed by atoms with Crippen LogP contribution in [0.1, 0.15) is 36.4 Å². The van der Waals surface area contributed by atoms with Crippen LogP contribution in [0.3, 0.4) is 0 Å². The lowest BCUT2D eigenvalue weighted by atomic mass is 9.73. The van der Waals surface area contributed by atoms with Crippen molar-refractivity contribution in [3.05, 3.63) is 52.5 Å². The maximum absolute atomic E-state index is 4.42. The predicted molar refractivity (Wildman–Crippen MR) is 88.8 cm³/mol. The Morgan fingerprint density at radius 2 is 2.05 bits per heavy atom. The third-order valence-corrected chi connectivity index (χ3v) is 5.47. The molecule has 2 N–H and O–H groups in total. The van der Waals surface area contributed by atoms with Gasteiger partial charge in [0, 0.05) is 23.5 Å². The molecule has 1 unspecified atom stereocenters. The average molecular weight is 301 g/mol. The maximum atomic E-state index is 4.42. The summed E-state index contributed by atoms with van der Waals surface area (Å²) >= 11 is 1.73. The highest BCUT2D eigenvalue weighted by Crippen LogP contribution is 2.33. The first-order chi connectivity index (χ1) is 10.3. The van der Waals surface area contributed by atoms with Crippen LogP contribution in [0, 0.1) is 0 Å². The summed E-state index contributed by atoms with van der Waals surface area (Å²) in [7, 11) is 0. The lowest BCUT2D eigenvalue weighted by Gasteiger charge is -2.39. The van der Waals surface area contributed by atoms with Crippen molar-refractivity contribution in [1.29, 1.82) is 0 Å². The first kappa shape index (κ1) is 14.7. The number of nitrogens with one attached hydrogen (secondary N) is 2. The topological polar surface area (TPSA) is 37.0 Å². The van der Waals surface area contributed by atoms with Crippen LogP contribution in [0.5, 0.6) is 0 Å². The minimum atomic E-state index is 0.248. The summed E-state index contributed by atoms with van der Waals surface area (Å²) in [6, 6.07) is 11.3. The molecule has 1 saturated heterocycles. The second-order valence-electron chi connectivity index (χ2n) is 5.87. The molecule has 112 valence electrons. The molecule has 3 nitrogen and oxygen atoms in total. The molecule has 1 aliphatic rings. The standard InChI is InChI=1S/C17H23N3S/c1-14(16-19-11-12-21-16)20-13-17(7-9-18-10-8-17)15-5-3-2-4-6-15/h2-6,11-12,14,18,20H,7-10,13H2,1H3. The van der Waals surface area contributed by atoms with Crippen molar-refractivity contribution < 1.29 is 0 Å². The number of benzene rings is 1. The van der Waals surface area contributed by atoms with Gasteiger partial charge in [0.15, 0.2) is 0 Å². The van der Waals surface area contributed by atoms with Crippen molar-refractivity contribution >= 4 is 11.3 Å². The van der Waals surface area contributed by atoms with Crippen LogP contribution in [0.15, 0.2) is 41.9 Å². The molecule has 1 atom stereocenters. The zero-order chi connectivity index (χ0) is 14.5. The van der Waals surface area contributed by atoms with Gasteiger partial charge in [-0.1, -0.05) is 30.3 Å². The van der Waals surface area contributed by atoms with E-state index in [1.807, 2.05) is 11.6 Å². The summed E-state index contributed by atoms with van der Waals surface area (Å²) in [6.07, 6.45) is 4.26. The fourth-order valence-corrected chi connectivity index (χ4v) is 3.82. The molecule has 1 aromatic heterocycles. The minimum absolute atomic E-state index is 0.248. The Morgan fingerprint density at radius 1 is 1.29 bits per heavy atom. The molecule has 0 saturated carbocycles. The van der Waals surface area contributed by atoms with Crippen molar-refractivity contribution in [2.24, 2.45) is 0 Å². The molecule has 3 rings (SSSR count). The van der Waals surface area contributed by atoms with Gasteiger partial charge in [-0.2, -0.15) is 0 Å². The van der Waals surface area contributed by atoms with E-state index in [1.165, 1.54) is 23.4 Å². The molecule has 0 amide bonds. The number of thiazole rings is 1. The molecular weight excluding hydrogens is 278 g/mol. The van der Waals surface area contributed by atoms with Crippen LogP contribution in [0.25, 0.3) is 0 Å². The number of rotatable bonds is 5. The number of hydrogen-bond donors (Lipinski definition) is 2. The lowest BCUT2D eigenvalue weighted by Crippen LogP contribution is -2.46. The summed E-state index contributed by atoms with van der Waals surface area (Å²) in [5.41, 5.74) is 1.71. The molecule has 21 heavy (non-hydrogen) atoms. The molecule has 2 aromatic rings. The van der Waals surface area contributed by atoms with Crippen LogP contribution in [0.4, 0.5) is 0 Å². The highest BCUT2D eigenvalue weighted by Gasteiger charge is 2.33. The molecule has 0 aliphatic carbocycles. The fourth-order valence-electron chi connectivity index (χ4n) is 3.15. The van der Waals surface area contributed by atoms with Gasteiger partial charge in [-0.05, 0) is 38.4 Å². The van der Waals surface area contributed by atoms with E-state index in [-0.39, 0.29) is 5.41 Å². The van der Waals surface area contributed by atoms with Gasteiger partial charge in [-0.15, -0.1) is 11.3 Å². The third kappa shape index (κ3) is 3.34. The fraction of sp³-hybridized carbons (Fsp3) is 0.471. The Labute approximate surface area is 130 Å². The van der Waals surface area contributed by atoms with Gasteiger partial charge < -0.3 is 10.6 Å². The second-order valence-corrected chi connectivity index (χ2v) is 6.80. The Balaban J connectivity index is 1.74. The Kier molecular flexibility index (Phi) is 4.68. The third-order valence-electron chi connectivity index (χ3n) is 4.52. The SMILES string of the molecule is CC(NCC1(c2ccccc2)CCNCC1)c1nccs1. The highest BCUT2D eigenvalue weighted by atomic mass is 32.1. The predicted octanol–water partition coefficient (Wildman–Crippen LogP) is 3.12. The minimum Gasteiger partial charge on any atom is -0.317 e. The molecule has 1 aromatic carbocycles. The van der Waals surface area contributed by atoms with E-state index in [9.17, 15) is 0 Å². The largest absolute Gasteiger partial charge is 0.317 e. The van der Waals surface area contributed by atoms with Crippen molar-refractivity contribution in [3.8, 4) is 0 Å². The van der Waals surface area contributed by atoms with Gasteiger partial charge in [0.1, 0.15) is 5.01 Å². The zero-order valence-electron chi connectivity index (χ0n) is 12.5. The van der Waals surface area contributed by atoms with Gasteiger partial charge >= 0.3 is 0 Å². The second kappa shape index (κ2) is 6.69. The average Bonchev–Trinajstić information content (AvgIpc) is 3.09. The maximum Gasteiger partial charge on any atom is 0.109 e. The Hall–Kier alpha value is -1.23. The molecular formula is C17H23N3S. The van der Waals surface area contributed by atoms with Gasteiger partial charge in [-0.25, -0.2) is 4.98 Å². The van der Waals surface area contributed by atoms with Crippen molar-refractivity contribution in [3.63, 3.8) is 0 Å². The smallest absolute Gasteiger partial charge is 0.109 e. The number of aromatic nitrogens is 1.